The molecule has 0 unspecified atom stereocenters. The molecule has 0 amide bonds. The molecule has 0 aliphatic rings. The van der Waals surface area contributed by atoms with Gasteiger partial charge in [-0.1, -0.05) is 115 Å². The zero-order valence-electron chi connectivity index (χ0n) is 17.8. The Hall–Kier alpha value is -1.70. The Bertz CT molecular complexity index is 1030. The number of rotatable bonds is 2. The molecule has 4 aromatic rings. The minimum atomic E-state index is -1.34. The van der Waals surface area contributed by atoms with Gasteiger partial charge in [0, 0.05) is 13.4 Å². The molecule has 0 aromatic heterocycles. The van der Waals surface area contributed by atoms with Crippen molar-refractivity contribution in [2.45, 2.75) is 13.8 Å². The first-order valence-corrected chi connectivity index (χ1v) is 12.3. The normalized spacial score (nSPS) is 9.72. The summed E-state index contributed by atoms with van der Waals surface area (Å²) in [6.07, 6.45) is 0. The largest absolute Gasteiger partial charge is 0.488 e. The highest BCUT2D eigenvalue weighted by Crippen LogP contribution is 2.24. The number of hydrogen-bond acceptors (Lipinski definition) is 2. The van der Waals surface area contributed by atoms with Crippen molar-refractivity contribution in [3.8, 4) is 11.1 Å². The maximum Gasteiger partial charge on any atom is 0.488 e. The molecule has 4 aromatic carbocycles. The molecule has 0 aliphatic heterocycles. The molecule has 4 rings (SSSR count). The second kappa shape index (κ2) is 13.8. The fourth-order valence-corrected chi connectivity index (χ4v) is 4.98. The van der Waals surface area contributed by atoms with Gasteiger partial charge in [0.25, 0.3) is 0 Å². The van der Waals surface area contributed by atoms with Crippen molar-refractivity contribution in [1.82, 2.24) is 0 Å². The molecular formula is C26H24BBr3O2. The summed E-state index contributed by atoms with van der Waals surface area (Å²) in [5, 5.41) is 17.2. The van der Waals surface area contributed by atoms with E-state index in [1.54, 1.807) is 24.3 Å². The Morgan fingerprint density at radius 3 is 1.38 bits per heavy atom. The van der Waals surface area contributed by atoms with Gasteiger partial charge in [-0.2, -0.15) is 0 Å². The molecule has 0 bridgehead atoms. The quantitative estimate of drug-likeness (QED) is 0.231. The molecule has 0 saturated heterocycles. The first-order chi connectivity index (χ1) is 15.2. The van der Waals surface area contributed by atoms with Gasteiger partial charge in [0.05, 0.1) is 0 Å². The van der Waals surface area contributed by atoms with Gasteiger partial charge in [-0.3, -0.25) is 0 Å². The van der Waals surface area contributed by atoms with E-state index in [0.717, 1.165) is 13.4 Å². The standard InChI is InChI=1S/C13H11Br.C7H6Br2.C6H7BO2/c1-10-7-12(9-13(14)8-10)11-5-3-2-4-6-11;1-5-2-6(8)4-7(9)3-5;8-7(9)6-4-2-1-3-5-6/h2-9H,1H3;2-4H,1H3;1-5,8-9H. The minimum Gasteiger partial charge on any atom is -0.423 e. The molecule has 0 fully saturated rings. The molecule has 2 N–H and O–H groups in total. The van der Waals surface area contributed by atoms with Crippen molar-refractivity contribution in [2.75, 3.05) is 0 Å². The first kappa shape index (κ1) is 26.6. The molecule has 0 atom stereocenters. The Balaban J connectivity index is 0.000000178. The van der Waals surface area contributed by atoms with E-state index in [4.69, 9.17) is 10.0 Å². The second-order valence-corrected chi connectivity index (χ2v) is 9.86. The lowest BCUT2D eigenvalue weighted by atomic mass is 9.81. The molecule has 6 heteroatoms. The summed E-state index contributed by atoms with van der Waals surface area (Å²) < 4.78 is 3.38. The van der Waals surface area contributed by atoms with Gasteiger partial charge in [-0.15, -0.1) is 0 Å². The van der Waals surface area contributed by atoms with Gasteiger partial charge in [-0.25, -0.2) is 0 Å². The van der Waals surface area contributed by atoms with E-state index in [0.29, 0.717) is 5.46 Å². The first-order valence-electron chi connectivity index (χ1n) is 9.91. The fraction of sp³-hybridized carbons (Fsp3) is 0.0769. The Morgan fingerprint density at radius 2 is 0.969 bits per heavy atom. The number of aryl methyl sites for hydroxylation is 2. The van der Waals surface area contributed by atoms with Gasteiger partial charge in [0.1, 0.15) is 0 Å². The summed E-state index contributed by atoms with van der Waals surface area (Å²) in [5.74, 6) is 0. The van der Waals surface area contributed by atoms with E-state index in [9.17, 15) is 0 Å². The van der Waals surface area contributed by atoms with Crippen LogP contribution in [0.15, 0.2) is 110 Å². The van der Waals surface area contributed by atoms with Crippen LogP contribution in [0.2, 0.25) is 0 Å². The predicted molar refractivity (Wildman–Crippen MR) is 147 cm³/mol. The average molecular weight is 619 g/mol. The topological polar surface area (TPSA) is 40.5 Å². The summed E-state index contributed by atoms with van der Waals surface area (Å²) in [6.45, 7) is 4.17. The van der Waals surface area contributed by atoms with Crippen LogP contribution in [-0.4, -0.2) is 17.2 Å². The van der Waals surface area contributed by atoms with Gasteiger partial charge >= 0.3 is 7.12 Å². The Labute approximate surface area is 215 Å². The summed E-state index contributed by atoms with van der Waals surface area (Å²) in [7, 11) is -1.34. The second-order valence-electron chi connectivity index (χ2n) is 7.11. The van der Waals surface area contributed by atoms with Gasteiger partial charge in [0.15, 0.2) is 0 Å². The van der Waals surface area contributed by atoms with Gasteiger partial charge in [0.2, 0.25) is 0 Å². The zero-order valence-corrected chi connectivity index (χ0v) is 22.6. The van der Waals surface area contributed by atoms with Crippen molar-refractivity contribution < 1.29 is 10.0 Å². The monoisotopic (exact) mass is 616 g/mol. The SMILES string of the molecule is Cc1cc(Br)cc(-c2ccccc2)c1.Cc1cc(Br)cc(Br)c1.OB(O)c1ccccc1. The third-order valence-corrected chi connectivity index (χ3v) is 5.63. The van der Waals surface area contributed by atoms with Crippen LogP contribution >= 0.6 is 47.8 Å². The van der Waals surface area contributed by atoms with Gasteiger partial charge < -0.3 is 10.0 Å². The predicted octanol–water partition coefficient (Wildman–Crippen LogP) is 7.31. The van der Waals surface area contributed by atoms with Crippen LogP contribution in [0.5, 0.6) is 0 Å². The van der Waals surface area contributed by atoms with E-state index >= 15 is 0 Å². The Morgan fingerprint density at radius 1 is 0.531 bits per heavy atom. The van der Waals surface area contributed by atoms with Crippen LogP contribution in [-0.2, 0) is 0 Å². The van der Waals surface area contributed by atoms with Crippen molar-refractivity contribution in [3.05, 3.63) is 122 Å². The minimum absolute atomic E-state index is 0.525. The lowest BCUT2D eigenvalue weighted by Gasteiger charge is -2.03. The smallest absolute Gasteiger partial charge is 0.423 e. The lowest BCUT2D eigenvalue weighted by Crippen LogP contribution is -2.29. The molecule has 2 nitrogen and oxygen atoms in total. The molecule has 0 spiro atoms. The lowest BCUT2D eigenvalue weighted by molar-refractivity contribution is 0.426. The van der Waals surface area contributed by atoms with Crippen LogP contribution in [0, 0.1) is 13.8 Å². The maximum absolute atomic E-state index is 8.58. The number of benzene rings is 4. The van der Waals surface area contributed by atoms with Crippen LogP contribution < -0.4 is 5.46 Å². The van der Waals surface area contributed by atoms with E-state index in [1.807, 2.05) is 18.2 Å². The fourth-order valence-electron chi connectivity index (χ4n) is 2.85. The van der Waals surface area contributed by atoms with Crippen LogP contribution in [0.25, 0.3) is 11.1 Å². The van der Waals surface area contributed by atoms with Crippen LogP contribution in [0.4, 0.5) is 0 Å². The van der Waals surface area contributed by atoms with Crippen molar-refractivity contribution in [1.29, 1.82) is 0 Å². The molecular weight excluding hydrogens is 595 g/mol. The van der Waals surface area contributed by atoms with Crippen molar-refractivity contribution in [3.63, 3.8) is 0 Å². The average Bonchev–Trinajstić information content (AvgIpc) is 2.74. The molecule has 0 radical (unpaired) electrons. The summed E-state index contributed by atoms with van der Waals surface area (Å²) in [6, 6.07) is 31.7. The van der Waals surface area contributed by atoms with Crippen molar-refractivity contribution >= 4 is 60.4 Å². The highest BCUT2D eigenvalue weighted by Gasteiger charge is 2.07. The molecule has 0 saturated carbocycles. The van der Waals surface area contributed by atoms with Gasteiger partial charge in [-0.05, 0) is 71.9 Å². The molecule has 0 heterocycles. The number of hydrogen-bond donors (Lipinski definition) is 2. The highest BCUT2D eigenvalue weighted by atomic mass is 79.9. The maximum atomic E-state index is 8.58. The molecule has 164 valence electrons. The molecule has 32 heavy (non-hydrogen) atoms. The van der Waals surface area contributed by atoms with E-state index in [2.05, 4.69) is 116 Å². The summed E-state index contributed by atoms with van der Waals surface area (Å²) in [5.41, 5.74) is 5.58. The van der Waals surface area contributed by atoms with E-state index in [-0.39, 0.29) is 0 Å². The third-order valence-electron chi connectivity index (χ3n) is 4.25. The van der Waals surface area contributed by atoms with Crippen LogP contribution in [0.3, 0.4) is 0 Å². The van der Waals surface area contributed by atoms with Crippen molar-refractivity contribution in [2.24, 2.45) is 0 Å². The summed E-state index contributed by atoms with van der Waals surface area (Å²) >= 11 is 10.3. The van der Waals surface area contributed by atoms with E-state index < -0.39 is 7.12 Å². The molecule has 0 aliphatic carbocycles. The Kier molecular flexibility index (Phi) is 11.4. The van der Waals surface area contributed by atoms with E-state index in [1.165, 1.54) is 22.3 Å². The highest BCUT2D eigenvalue weighted by molar-refractivity contribution is 9.11. The summed E-state index contributed by atoms with van der Waals surface area (Å²) in [4.78, 5) is 0. The number of halogens is 3. The zero-order chi connectivity index (χ0) is 23.5. The third kappa shape index (κ3) is 9.84. The van der Waals surface area contributed by atoms with Crippen LogP contribution in [0.1, 0.15) is 11.1 Å².